The van der Waals surface area contributed by atoms with Crippen LogP contribution in [0.5, 0.6) is 5.75 Å². The first kappa shape index (κ1) is 21.1. The second-order valence-electron chi connectivity index (χ2n) is 8.50. The molecule has 152 valence electrons. The van der Waals surface area contributed by atoms with Gasteiger partial charge in [0.1, 0.15) is 11.8 Å². The SMILES string of the molecule is CC(C)(C)c1ccc(C(=O)NC2CCC(Oc3ccc(C#N)c(Cl)c3)CC2)cn1. The van der Waals surface area contributed by atoms with E-state index in [9.17, 15) is 4.79 Å². The van der Waals surface area contributed by atoms with Gasteiger partial charge in [0.05, 0.1) is 22.3 Å². The van der Waals surface area contributed by atoms with Gasteiger partial charge in [-0.05, 0) is 49.9 Å². The van der Waals surface area contributed by atoms with Gasteiger partial charge < -0.3 is 10.1 Å². The van der Waals surface area contributed by atoms with Crippen LogP contribution in [-0.4, -0.2) is 23.0 Å². The van der Waals surface area contributed by atoms with E-state index in [0.29, 0.717) is 21.9 Å². The van der Waals surface area contributed by atoms with Crippen molar-refractivity contribution < 1.29 is 9.53 Å². The number of nitriles is 1. The zero-order valence-electron chi connectivity index (χ0n) is 17.0. The summed E-state index contributed by atoms with van der Waals surface area (Å²) in [4.78, 5) is 17.0. The first-order valence-electron chi connectivity index (χ1n) is 9.90. The molecule has 1 aromatic heterocycles. The summed E-state index contributed by atoms with van der Waals surface area (Å²) in [5.41, 5.74) is 1.96. The summed E-state index contributed by atoms with van der Waals surface area (Å²) >= 11 is 6.07. The van der Waals surface area contributed by atoms with Crippen LogP contribution >= 0.6 is 11.6 Å². The maximum Gasteiger partial charge on any atom is 0.253 e. The molecule has 1 aliphatic rings. The predicted octanol–water partition coefficient (Wildman–Crippen LogP) is 5.02. The third-order valence-electron chi connectivity index (χ3n) is 5.17. The molecule has 29 heavy (non-hydrogen) atoms. The van der Waals surface area contributed by atoms with Crippen LogP contribution in [0.4, 0.5) is 0 Å². The summed E-state index contributed by atoms with van der Waals surface area (Å²) in [5.74, 6) is 0.590. The number of pyridine rings is 1. The van der Waals surface area contributed by atoms with Crippen molar-refractivity contribution in [1.82, 2.24) is 10.3 Å². The second-order valence-corrected chi connectivity index (χ2v) is 8.91. The summed E-state index contributed by atoms with van der Waals surface area (Å²) in [5, 5.41) is 12.5. The van der Waals surface area contributed by atoms with Crippen molar-refractivity contribution in [3.8, 4) is 11.8 Å². The highest BCUT2D eigenvalue weighted by molar-refractivity contribution is 6.31. The zero-order chi connectivity index (χ0) is 21.0. The Morgan fingerprint density at radius 2 is 1.93 bits per heavy atom. The Balaban J connectivity index is 1.50. The average Bonchev–Trinajstić information content (AvgIpc) is 2.69. The molecule has 3 rings (SSSR count). The molecule has 0 unspecified atom stereocenters. The van der Waals surface area contributed by atoms with Gasteiger partial charge in [0, 0.05) is 29.4 Å². The summed E-state index contributed by atoms with van der Waals surface area (Å²) in [6.07, 6.45) is 5.15. The normalized spacial score (nSPS) is 19.3. The van der Waals surface area contributed by atoms with Crippen LogP contribution in [0.1, 0.15) is 68.1 Å². The number of benzene rings is 1. The number of nitrogens with zero attached hydrogens (tertiary/aromatic N) is 2. The number of nitrogens with one attached hydrogen (secondary N) is 1. The fraction of sp³-hybridized carbons (Fsp3) is 0.435. The number of carbonyl (C=O) groups excluding carboxylic acids is 1. The van der Waals surface area contributed by atoms with Gasteiger partial charge >= 0.3 is 0 Å². The van der Waals surface area contributed by atoms with Crippen LogP contribution in [0.15, 0.2) is 36.5 Å². The molecule has 1 amide bonds. The molecular weight excluding hydrogens is 386 g/mol. The van der Waals surface area contributed by atoms with Crippen molar-refractivity contribution in [2.45, 2.75) is 64.0 Å². The lowest BCUT2D eigenvalue weighted by molar-refractivity contribution is 0.0893. The Morgan fingerprint density at radius 3 is 2.48 bits per heavy atom. The molecule has 5 nitrogen and oxygen atoms in total. The Hall–Kier alpha value is -2.58. The maximum atomic E-state index is 12.5. The maximum absolute atomic E-state index is 12.5. The molecule has 0 bridgehead atoms. The summed E-state index contributed by atoms with van der Waals surface area (Å²) in [6, 6.07) is 11.1. The minimum atomic E-state index is -0.0822. The third-order valence-corrected chi connectivity index (χ3v) is 5.48. The number of hydrogen-bond acceptors (Lipinski definition) is 4. The van der Waals surface area contributed by atoms with Gasteiger partial charge in [0.25, 0.3) is 5.91 Å². The first-order valence-corrected chi connectivity index (χ1v) is 10.3. The van der Waals surface area contributed by atoms with Crippen LogP contribution in [-0.2, 0) is 5.41 Å². The minimum absolute atomic E-state index is 0.0352. The van der Waals surface area contributed by atoms with Gasteiger partial charge in [-0.3, -0.25) is 9.78 Å². The Labute approximate surface area is 177 Å². The fourth-order valence-corrected chi connectivity index (χ4v) is 3.63. The molecule has 0 saturated heterocycles. The topological polar surface area (TPSA) is 75.0 Å². The Bertz CT molecular complexity index is 905. The van der Waals surface area contributed by atoms with Gasteiger partial charge in [-0.25, -0.2) is 0 Å². The predicted molar refractivity (Wildman–Crippen MR) is 113 cm³/mol. The van der Waals surface area contributed by atoms with Crippen molar-refractivity contribution in [1.29, 1.82) is 5.26 Å². The molecule has 6 heteroatoms. The van der Waals surface area contributed by atoms with Crippen LogP contribution in [0.25, 0.3) is 0 Å². The van der Waals surface area contributed by atoms with Crippen LogP contribution < -0.4 is 10.1 Å². The lowest BCUT2D eigenvalue weighted by Crippen LogP contribution is -2.39. The third kappa shape index (κ3) is 5.48. The standard InChI is InChI=1S/C23H26ClN3O2/c1-23(2,3)21-11-5-16(14-26-21)22(28)27-17-6-9-18(10-7-17)29-19-8-4-15(13-25)20(24)12-19/h4-5,8,11-12,14,17-18H,6-7,9-10H2,1-3H3,(H,27,28). The Morgan fingerprint density at radius 1 is 1.21 bits per heavy atom. The van der Waals surface area contributed by atoms with E-state index in [4.69, 9.17) is 21.6 Å². The molecule has 1 N–H and O–H groups in total. The quantitative estimate of drug-likeness (QED) is 0.766. The molecule has 1 aliphatic carbocycles. The second kappa shape index (κ2) is 8.84. The van der Waals surface area contributed by atoms with Crippen molar-refractivity contribution in [3.05, 3.63) is 58.4 Å². The summed E-state index contributed by atoms with van der Waals surface area (Å²) in [6.45, 7) is 6.30. The number of rotatable bonds is 4. The highest BCUT2D eigenvalue weighted by Gasteiger charge is 2.24. The van der Waals surface area contributed by atoms with Crippen LogP contribution in [0.3, 0.4) is 0 Å². The zero-order valence-corrected chi connectivity index (χ0v) is 17.8. The molecule has 2 aromatic rings. The van der Waals surface area contributed by atoms with Crippen LogP contribution in [0.2, 0.25) is 5.02 Å². The van der Waals surface area contributed by atoms with Crippen molar-refractivity contribution >= 4 is 17.5 Å². The lowest BCUT2D eigenvalue weighted by atomic mass is 9.91. The molecular formula is C23H26ClN3O2. The Kier molecular flexibility index (Phi) is 6.44. The monoisotopic (exact) mass is 411 g/mol. The number of hydrogen-bond donors (Lipinski definition) is 1. The highest BCUT2D eigenvalue weighted by atomic mass is 35.5. The fourth-order valence-electron chi connectivity index (χ4n) is 3.42. The van der Waals surface area contributed by atoms with Crippen LogP contribution in [0, 0.1) is 11.3 Å². The van der Waals surface area contributed by atoms with E-state index in [0.717, 1.165) is 31.4 Å². The van der Waals surface area contributed by atoms with Crippen molar-refractivity contribution in [3.63, 3.8) is 0 Å². The number of amides is 1. The van der Waals surface area contributed by atoms with E-state index in [2.05, 4.69) is 31.1 Å². The summed E-state index contributed by atoms with van der Waals surface area (Å²) in [7, 11) is 0. The summed E-state index contributed by atoms with van der Waals surface area (Å²) < 4.78 is 6.00. The number of carbonyl (C=O) groups is 1. The van der Waals surface area contributed by atoms with E-state index < -0.39 is 0 Å². The van der Waals surface area contributed by atoms with E-state index in [-0.39, 0.29) is 23.5 Å². The minimum Gasteiger partial charge on any atom is -0.490 e. The molecule has 1 fully saturated rings. The first-order chi connectivity index (χ1) is 13.8. The lowest BCUT2D eigenvalue weighted by Gasteiger charge is -2.29. The highest BCUT2D eigenvalue weighted by Crippen LogP contribution is 2.27. The van der Waals surface area contributed by atoms with Crippen molar-refractivity contribution in [2.75, 3.05) is 0 Å². The number of aromatic nitrogens is 1. The molecule has 0 aliphatic heterocycles. The smallest absolute Gasteiger partial charge is 0.253 e. The molecule has 0 radical (unpaired) electrons. The molecule has 1 saturated carbocycles. The number of halogens is 1. The van der Waals surface area contributed by atoms with Crippen molar-refractivity contribution in [2.24, 2.45) is 0 Å². The van der Waals surface area contributed by atoms with E-state index in [1.807, 2.05) is 18.2 Å². The average molecular weight is 412 g/mol. The largest absolute Gasteiger partial charge is 0.490 e. The van der Waals surface area contributed by atoms with E-state index >= 15 is 0 Å². The molecule has 1 heterocycles. The number of ether oxygens (including phenoxy) is 1. The molecule has 1 aromatic carbocycles. The van der Waals surface area contributed by atoms with E-state index in [1.54, 1.807) is 24.4 Å². The van der Waals surface area contributed by atoms with Gasteiger partial charge in [-0.15, -0.1) is 0 Å². The van der Waals surface area contributed by atoms with Gasteiger partial charge in [0.2, 0.25) is 0 Å². The molecule has 0 spiro atoms. The molecule has 0 atom stereocenters. The van der Waals surface area contributed by atoms with Gasteiger partial charge in [0.15, 0.2) is 0 Å². The van der Waals surface area contributed by atoms with E-state index in [1.165, 1.54) is 0 Å². The van der Waals surface area contributed by atoms with Gasteiger partial charge in [-0.1, -0.05) is 32.4 Å². The van der Waals surface area contributed by atoms with Gasteiger partial charge in [-0.2, -0.15) is 5.26 Å².